The Hall–Kier alpha value is -2.79. The molecule has 0 fully saturated rings. The highest BCUT2D eigenvalue weighted by atomic mass is 32.1. The molecule has 4 nitrogen and oxygen atoms in total. The van der Waals surface area contributed by atoms with Crippen LogP contribution in [0.25, 0.3) is 21.6 Å². The van der Waals surface area contributed by atoms with Gasteiger partial charge < -0.3 is 5.32 Å². The van der Waals surface area contributed by atoms with Crippen molar-refractivity contribution in [1.29, 1.82) is 0 Å². The average molecular weight is 332 g/mol. The van der Waals surface area contributed by atoms with E-state index in [0.29, 0.717) is 5.82 Å². The Morgan fingerprint density at radius 2 is 1.92 bits per heavy atom. The third-order valence-electron chi connectivity index (χ3n) is 3.72. The van der Waals surface area contributed by atoms with E-state index in [0.717, 1.165) is 27.3 Å². The number of nitrogens with one attached hydrogen (secondary N) is 1. The van der Waals surface area contributed by atoms with Crippen LogP contribution in [-0.4, -0.2) is 15.0 Å². The van der Waals surface area contributed by atoms with Crippen molar-refractivity contribution in [3.63, 3.8) is 0 Å². The Morgan fingerprint density at radius 3 is 2.71 bits per heavy atom. The van der Waals surface area contributed by atoms with E-state index in [1.165, 1.54) is 10.4 Å². The van der Waals surface area contributed by atoms with E-state index in [9.17, 15) is 0 Å². The van der Waals surface area contributed by atoms with Gasteiger partial charge in [-0.05, 0) is 49.7 Å². The van der Waals surface area contributed by atoms with Gasteiger partial charge in [0.25, 0.3) is 0 Å². The number of benzene rings is 1. The van der Waals surface area contributed by atoms with Crippen molar-refractivity contribution in [1.82, 2.24) is 15.0 Å². The molecule has 0 atom stereocenters. The first-order chi connectivity index (χ1) is 11.7. The number of thiophene rings is 1. The molecular formula is C19H16N4S. The molecule has 0 amide bonds. The number of hydrogen-bond donors (Lipinski definition) is 1. The smallest absolute Gasteiger partial charge is 0.164 e. The SMILES string of the molecule is Cc1cccc(Nc2nc(-c3cccnc3)nc3sc(C)cc23)c1. The van der Waals surface area contributed by atoms with Crippen molar-refractivity contribution in [2.75, 3.05) is 5.32 Å². The lowest BCUT2D eigenvalue weighted by atomic mass is 10.2. The Morgan fingerprint density at radius 1 is 1.00 bits per heavy atom. The Balaban J connectivity index is 1.86. The summed E-state index contributed by atoms with van der Waals surface area (Å²) in [6.45, 7) is 4.17. The molecule has 0 saturated carbocycles. The van der Waals surface area contributed by atoms with Crippen LogP contribution in [0.1, 0.15) is 10.4 Å². The fourth-order valence-corrected chi connectivity index (χ4v) is 3.50. The van der Waals surface area contributed by atoms with Crippen molar-refractivity contribution in [3.8, 4) is 11.4 Å². The number of aryl methyl sites for hydroxylation is 2. The molecule has 3 aromatic heterocycles. The lowest BCUT2D eigenvalue weighted by Gasteiger charge is -2.09. The maximum Gasteiger partial charge on any atom is 0.164 e. The third-order valence-corrected chi connectivity index (χ3v) is 4.66. The minimum absolute atomic E-state index is 0.688. The van der Waals surface area contributed by atoms with Crippen molar-refractivity contribution in [2.45, 2.75) is 13.8 Å². The van der Waals surface area contributed by atoms with Gasteiger partial charge >= 0.3 is 0 Å². The Kier molecular flexibility index (Phi) is 3.70. The monoisotopic (exact) mass is 332 g/mol. The molecule has 118 valence electrons. The van der Waals surface area contributed by atoms with Crippen LogP contribution < -0.4 is 5.32 Å². The first-order valence-corrected chi connectivity index (χ1v) is 8.53. The van der Waals surface area contributed by atoms with Gasteiger partial charge in [-0.1, -0.05) is 12.1 Å². The van der Waals surface area contributed by atoms with Gasteiger partial charge in [0.05, 0.1) is 5.39 Å². The zero-order valence-corrected chi connectivity index (χ0v) is 14.3. The molecule has 0 spiro atoms. The van der Waals surface area contributed by atoms with Crippen molar-refractivity contribution in [2.24, 2.45) is 0 Å². The van der Waals surface area contributed by atoms with Crippen LogP contribution in [0.15, 0.2) is 54.9 Å². The topological polar surface area (TPSA) is 50.7 Å². The molecule has 1 aromatic carbocycles. The van der Waals surface area contributed by atoms with Crippen molar-refractivity contribution >= 4 is 33.1 Å². The molecule has 5 heteroatoms. The zero-order chi connectivity index (χ0) is 16.5. The fourth-order valence-electron chi connectivity index (χ4n) is 2.62. The number of nitrogens with zero attached hydrogens (tertiary/aromatic N) is 3. The third kappa shape index (κ3) is 2.86. The van der Waals surface area contributed by atoms with E-state index in [-0.39, 0.29) is 0 Å². The molecule has 4 rings (SSSR count). The largest absolute Gasteiger partial charge is 0.340 e. The van der Waals surface area contributed by atoms with E-state index >= 15 is 0 Å². The molecule has 0 saturated heterocycles. The lowest BCUT2D eigenvalue weighted by Crippen LogP contribution is -1.98. The number of rotatable bonds is 3. The highest BCUT2D eigenvalue weighted by Gasteiger charge is 2.12. The summed E-state index contributed by atoms with van der Waals surface area (Å²) in [6, 6.07) is 14.3. The number of hydrogen-bond acceptors (Lipinski definition) is 5. The number of anilines is 2. The molecule has 4 aromatic rings. The molecule has 0 radical (unpaired) electrons. The minimum Gasteiger partial charge on any atom is -0.340 e. The maximum atomic E-state index is 4.75. The number of aromatic nitrogens is 3. The Labute approximate surface area is 144 Å². The quantitative estimate of drug-likeness (QED) is 0.566. The van der Waals surface area contributed by atoms with Gasteiger partial charge in [0.15, 0.2) is 5.82 Å². The normalized spacial score (nSPS) is 10.9. The summed E-state index contributed by atoms with van der Waals surface area (Å²) in [6.07, 6.45) is 3.54. The van der Waals surface area contributed by atoms with Crippen LogP contribution in [0.4, 0.5) is 11.5 Å². The van der Waals surface area contributed by atoms with Gasteiger partial charge in [-0.15, -0.1) is 11.3 Å². The summed E-state index contributed by atoms with van der Waals surface area (Å²) in [4.78, 5) is 15.8. The zero-order valence-electron chi connectivity index (χ0n) is 13.4. The van der Waals surface area contributed by atoms with Crippen LogP contribution in [0, 0.1) is 13.8 Å². The lowest BCUT2D eigenvalue weighted by molar-refractivity contribution is 1.21. The summed E-state index contributed by atoms with van der Waals surface area (Å²) in [5, 5.41) is 4.49. The molecule has 0 bridgehead atoms. The molecule has 0 unspecified atom stereocenters. The van der Waals surface area contributed by atoms with Crippen molar-refractivity contribution in [3.05, 3.63) is 65.3 Å². The average Bonchev–Trinajstić information content (AvgIpc) is 2.96. The van der Waals surface area contributed by atoms with Gasteiger partial charge in [0.2, 0.25) is 0 Å². The molecule has 0 aliphatic heterocycles. The molecule has 0 aliphatic carbocycles. The highest BCUT2D eigenvalue weighted by molar-refractivity contribution is 7.18. The first kappa shape index (κ1) is 14.8. The summed E-state index contributed by atoms with van der Waals surface area (Å²) >= 11 is 1.68. The van der Waals surface area contributed by atoms with E-state index in [2.05, 4.69) is 42.3 Å². The van der Waals surface area contributed by atoms with Crippen LogP contribution in [0.2, 0.25) is 0 Å². The van der Waals surface area contributed by atoms with Gasteiger partial charge in [0, 0.05) is 28.5 Å². The molecular weight excluding hydrogens is 316 g/mol. The van der Waals surface area contributed by atoms with Gasteiger partial charge in [-0.25, -0.2) is 9.97 Å². The summed E-state index contributed by atoms with van der Waals surface area (Å²) in [7, 11) is 0. The molecule has 3 heterocycles. The summed E-state index contributed by atoms with van der Waals surface area (Å²) in [5.74, 6) is 1.52. The molecule has 1 N–H and O–H groups in total. The number of pyridine rings is 1. The van der Waals surface area contributed by atoms with Crippen LogP contribution in [-0.2, 0) is 0 Å². The van der Waals surface area contributed by atoms with Gasteiger partial charge in [0.1, 0.15) is 10.6 Å². The van der Waals surface area contributed by atoms with Crippen LogP contribution >= 0.6 is 11.3 Å². The van der Waals surface area contributed by atoms with Gasteiger partial charge in [-0.3, -0.25) is 4.98 Å². The fraction of sp³-hybridized carbons (Fsp3) is 0.105. The number of fused-ring (bicyclic) bond motifs is 1. The van der Waals surface area contributed by atoms with Gasteiger partial charge in [-0.2, -0.15) is 0 Å². The van der Waals surface area contributed by atoms with E-state index in [1.807, 2.05) is 24.3 Å². The van der Waals surface area contributed by atoms with Crippen molar-refractivity contribution < 1.29 is 0 Å². The Bertz CT molecular complexity index is 1010. The van der Waals surface area contributed by atoms with Crippen LogP contribution in [0.3, 0.4) is 0 Å². The predicted molar refractivity (Wildman–Crippen MR) is 99.8 cm³/mol. The second kappa shape index (κ2) is 6.02. The maximum absolute atomic E-state index is 4.75. The summed E-state index contributed by atoms with van der Waals surface area (Å²) < 4.78 is 0. The van der Waals surface area contributed by atoms with E-state index in [4.69, 9.17) is 9.97 Å². The molecule has 24 heavy (non-hydrogen) atoms. The predicted octanol–water partition coefficient (Wildman–Crippen LogP) is 5.11. The summed E-state index contributed by atoms with van der Waals surface area (Å²) in [5.41, 5.74) is 3.15. The molecule has 0 aliphatic rings. The second-order valence-electron chi connectivity index (χ2n) is 5.71. The minimum atomic E-state index is 0.688. The highest BCUT2D eigenvalue weighted by Crippen LogP contribution is 2.32. The first-order valence-electron chi connectivity index (χ1n) is 7.71. The standard InChI is InChI=1S/C19H16N4S/c1-12-5-3-7-15(9-12)21-18-16-10-13(2)24-19(16)23-17(22-18)14-6-4-8-20-11-14/h3-11H,1-2H3,(H,21,22,23). The van der Waals surface area contributed by atoms with Crippen LogP contribution in [0.5, 0.6) is 0 Å². The van der Waals surface area contributed by atoms with E-state index < -0.39 is 0 Å². The second-order valence-corrected chi connectivity index (χ2v) is 6.94. The van der Waals surface area contributed by atoms with E-state index in [1.54, 1.807) is 23.7 Å².